The molecule has 0 aliphatic heterocycles. The number of ether oxygens (including phenoxy) is 1. The molecule has 0 saturated heterocycles. The Hall–Kier alpha value is -3.22. The lowest BCUT2D eigenvalue weighted by Crippen LogP contribution is -2.46. The Morgan fingerprint density at radius 1 is 0.534 bits per heavy atom. The summed E-state index contributed by atoms with van der Waals surface area (Å²) < 4.78 is 5.83. The third-order valence-electron chi connectivity index (χ3n) is 9.91. The Balaban J connectivity index is 4.82. The lowest BCUT2D eigenvalue weighted by molar-refractivity contribution is -0.150. The molecule has 58 heavy (non-hydrogen) atoms. The molecule has 0 aliphatic rings. The van der Waals surface area contributed by atoms with E-state index in [0.717, 1.165) is 103 Å². The molecule has 0 saturated carbocycles. The number of hydrogen-bond acceptors (Lipinski definition) is 5. The number of esters is 1. The first-order valence-corrected chi connectivity index (χ1v) is 23.5. The van der Waals surface area contributed by atoms with Gasteiger partial charge in [-0.1, -0.05) is 195 Å². The van der Waals surface area contributed by atoms with E-state index < -0.39 is 18.2 Å². The topological polar surface area (TPSA) is 95.9 Å². The van der Waals surface area contributed by atoms with E-state index in [1.165, 1.54) is 44.9 Å². The van der Waals surface area contributed by atoms with Gasteiger partial charge in [0.1, 0.15) is 6.10 Å². The first kappa shape index (κ1) is 54.8. The third kappa shape index (κ3) is 39.6. The minimum atomic E-state index is -0.819. The fraction of sp³-hybridized carbons (Fsp3) is 0.654. The molecular weight excluding hydrogens is 719 g/mol. The highest BCUT2D eigenvalue weighted by molar-refractivity contribution is 5.77. The number of hydrogen-bond donors (Lipinski definition) is 3. The number of aliphatic hydroxyl groups is 2. The molecule has 3 atom stereocenters. The van der Waals surface area contributed by atoms with Gasteiger partial charge in [-0.2, -0.15) is 0 Å². The van der Waals surface area contributed by atoms with Gasteiger partial charge in [0.05, 0.1) is 25.2 Å². The Morgan fingerprint density at radius 3 is 1.47 bits per heavy atom. The van der Waals surface area contributed by atoms with Crippen molar-refractivity contribution in [3.8, 4) is 0 Å². The first-order valence-electron chi connectivity index (χ1n) is 23.5. The van der Waals surface area contributed by atoms with Crippen LogP contribution in [0.1, 0.15) is 194 Å². The fourth-order valence-electron chi connectivity index (χ4n) is 6.41. The van der Waals surface area contributed by atoms with E-state index in [1.807, 2.05) is 12.2 Å². The molecule has 1 amide bonds. The molecular formula is C52H87NO5. The van der Waals surface area contributed by atoms with Gasteiger partial charge in [-0.05, 0) is 77.0 Å². The van der Waals surface area contributed by atoms with Crippen LogP contribution in [0.2, 0.25) is 0 Å². The average Bonchev–Trinajstić information content (AvgIpc) is 3.22. The van der Waals surface area contributed by atoms with Crippen molar-refractivity contribution in [2.24, 2.45) is 0 Å². The van der Waals surface area contributed by atoms with Crippen LogP contribution in [0.4, 0.5) is 0 Å². The SMILES string of the molecule is CC/C=C\C/C=C\C/C=C\C/C=C\C/C=C\CC(CC(=O)NC(CO)C(O)CCCCCCCCCCCC)OC(=O)CCCCCC/C=C/C/C=C/C/C=C/CC. The van der Waals surface area contributed by atoms with Gasteiger partial charge in [0, 0.05) is 12.8 Å². The smallest absolute Gasteiger partial charge is 0.306 e. The molecule has 0 aliphatic carbocycles. The summed E-state index contributed by atoms with van der Waals surface area (Å²) in [5, 5.41) is 23.6. The van der Waals surface area contributed by atoms with E-state index >= 15 is 0 Å². The van der Waals surface area contributed by atoms with E-state index in [-0.39, 0.29) is 24.9 Å². The second-order valence-electron chi connectivity index (χ2n) is 15.4. The zero-order valence-corrected chi connectivity index (χ0v) is 37.4. The third-order valence-corrected chi connectivity index (χ3v) is 9.91. The average molecular weight is 806 g/mol. The molecule has 0 fully saturated rings. The lowest BCUT2D eigenvalue weighted by Gasteiger charge is -2.24. The summed E-state index contributed by atoms with van der Waals surface area (Å²) in [5.41, 5.74) is 0. The standard InChI is InChI=1S/C52H87NO5/c1-4-7-10-13-16-19-22-24-26-27-29-31-34-37-40-43-48(58-52(57)45-42-39-36-33-30-28-25-23-20-17-14-11-8-5-2)46-51(56)53-49(47-54)50(55)44-41-38-35-32-21-18-15-12-9-6-3/h7-8,10-11,16-17,19-20,24-26,28-29,31,37,40,48-50,54-55H,4-6,9,12-15,18,21-23,27,30,32-36,38-39,41-47H2,1-3H3,(H,53,56)/b10-7-,11-8+,19-16-,20-17+,26-24-,28-25+,31-29-,40-37-. The molecule has 0 heterocycles. The minimum absolute atomic E-state index is 0.0154. The summed E-state index contributed by atoms with van der Waals surface area (Å²) in [7, 11) is 0. The largest absolute Gasteiger partial charge is 0.461 e. The maximum absolute atomic E-state index is 13.1. The maximum atomic E-state index is 13.1. The van der Waals surface area contributed by atoms with E-state index in [0.29, 0.717) is 19.3 Å². The van der Waals surface area contributed by atoms with Crippen molar-refractivity contribution in [2.45, 2.75) is 212 Å². The van der Waals surface area contributed by atoms with Gasteiger partial charge in [0.2, 0.25) is 5.91 Å². The summed E-state index contributed by atoms with van der Waals surface area (Å²) in [4.78, 5) is 26.0. The highest BCUT2D eigenvalue weighted by atomic mass is 16.5. The van der Waals surface area contributed by atoms with Crippen LogP contribution in [0, 0.1) is 0 Å². The predicted octanol–water partition coefficient (Wildman–Crippen LogP) is 13.8. The van der Waals surface area contributed by atoms with Crippen molar-refractivity contribution in [3.63, 3.8) is 0 Å². The van der Waals surface area contributed by atoms with Gasteiger partial charge >= 0.3 is 5.97 Å². The summed E-state index contributed by atoms with van der Waals surface area (Å²) in [6.07, 6.45) is 59.1. The highest BCUT2D eigenvalue weighted by Crippen LogP contribution is 2.15. The Labute approximate surface area is 356 Å². The molecule has 0 radical (unpaired) electrons. The summed E-state index contributed by atoms with van der Waals surface area (Å²) in [6.45, 7) is 6.19. The normalized spacial score (nSPS) is 14.2. The predicted molar refractivity (Wildman–Crippen MR) is 250 cm³/mol. The van der Waals surface area contributed by atoms with Crippen LogP contribution in [0.5, 0.6) is 0 Å². The summed E-state index contributed by atoms with van der Waals surface area (Å²) in [6, 6.07) is -0.740. The molecule has 6 nitrogen and oxygen atoms in total. The Kier molecular flexibility index (Phi) is 42.4. The van der Waals surface area contributed by atoms with E-state index in [4.69, 9.17) is 4.74 Å². The zero-order valence-electron chi connectivity index (χ0n) is 37.4. The van der Waals surface area contributed by atoms with Crippen molar-refractivity contribution in [1.29, 1.82) is 0 Å². The molecule has 330 valence electrons. The van der Waals surface area contributed by atoms with E-state index in [2.05, 4.69) is 111 Å². The number of nitrogens with one attached hydrogen (secondary N) is 1. The van der Waals surface area contributed by atoms with Crippen LogP contribution in [0.15, 0.2) is 97.2 Å². The summed E-state index contributed by atoms with van der Waals surface area (Å²) in [5.74, 6) is -0.617. The molecule has 0 aromatic heterocycles. The quantitative estimate of drug-likeness (QED) is 0.0326. The number of allylic oxidation sites excluding steroid dienone is 15. The molecule has 3 unspecified atom stereocenters. The maximum Gasteiger partial charge on any atom is 0.306 e. The van der Waals surface area contributed by atoms with Gasteiger partial charge in [-0.15, -0.1) is 0 Å². The van der Waals surface area contributed by atoms with Crippen LogP contribution in [-0.4, -0.2) is 46.9 Å². The fourth-order valence-corrected chi connectivity index (χ4v) is 6.41. The zero-order chi connectivity index (χ0) is 42.4. The molecule has 0 aromatic carbocycles. The molecule has 0 spiro atoms. The second-order valence-corrected chi connectivity index (χ2v) is 15.4. The van der Waals surface area contributed by atoms with Crippen LogP contribution in [0.3, 0.4) is 0 Å². The number of unbranched alkanes of at least 4 members (excludes halogenated alkanes) is 13. The lowest BCUT2D eigenvalue weighted by atomic mass is 10.0. The van der Waals surface area contributed by atoms with Crippen LogP contribution in [-0.2, 0) is 14.3 Å². The van der Waals surface area contributed by atoms with Crippen molar-refractivity contribution in [2.75, 3.05) is 6.61 Å². The van der Waals surface area contributed by atoms with Crippen molar-refractivity contribution in [3.05, 3.63) is 97.2 Å². The number of carbonyl (C=O) groups excluding carboxylic acids is 2. The first-order chi connectivity index (χ1) is 28.5. The highest BCUT2D eigenvalue weighted by Gasteiger charge is 2.23. The Morgan fingerprint density at radius 2 is 0.966 bits per heavy atom. The second kappa shape index (κ2) is 44.9. The van der Waals surface area contributed by atoms with Crippen LogP contribution < -0.4 is 5.32 Å². The number of amides is 1. The van der Waals surface area contributed by atoms with Crippen LogP contribution >= 0.6 is 0 Å². The number of rotatable bonds is 40. The minimum Gasteiger partial charge on any atom is -0.461 e. The van der Waals surface area contributed by atoms with E-state index in [9.17, 15) is 19.8 Å². The Bertz CT molecular complexity index is 1180. The molecule has 0 bridgehead atoms. The van der Waals surface area contributed by atoms with Gasteiger partial charge < -0.3 is 20.3 Å². The van der Waals surface area contributed by atoms with Crippen LogP contribution in [0.25, 0.3) is 0 Å². The number of carbonyl (C=O) groups is 2. The van der Waals surface area contributed by atoms with Gasteiger partial charge in [-0.3, -0.25) is 9.59 Å². The molecule has 0 rings (SSSR count). The van der Waals surface area contributed by atoms with Gasteiger partial charge in [0.15, 0.2) is 0 Å². The molecule has 6 heteroatoms. The number of aliphatic hydroxyl groups excluding tert-OH is 2. The van der Waals surface area contributed by atoms with Gasteiger partial charge in [-0.25, -0.2) is 0 Å². The summed E-state index contributed by atoms with van der Waals surface area (Å²) >= 11 is 0. The van der Waals surface area contributed by atoms with Crippen molar-refractivity contribution < 1.29 is 24.5 Å². The van der Waals surface area contributed by atoms with Crippen molar-refractivity contribution in [1.82, 2.24) is 5.32 Å². The van der Waals surface area contributed by atoms with Gasteiger partial charge in [0.25, 0.3) is 0 Å². The molecule has 0 aromatic rings. The monoisotopic (exact) mass is 806 g/mol. The van der Waals surface area contributed by atoms with E-state index in [1.54, 1.807) is 0 Å². The van der Waals surface area contributed by atoms with Crippen molar-refractivity contribution >= 4 is 11.9 Å². The molecule has 3 N–H and O–H groups in total.